The number of rotatable bonds is 6. The minimum atomic E-state index is 0.955. The van der Waals surface area contributed by atoms with Crippen LogP contribution in [0.2, 0.25) is 0 Å². The monoisotopic (exact) mass is 429 g/mol. The number of thiophene rings is 1. The highest BCUT2D eigenvalue weighted by Crippen LogP contribution is 2.34. The first-order valence-corrected chi connectivity index (χ1v) is 11.8. The lowest BCUT2D eigenvalue weighted by Gasteiger charge is -2.11. The third kappa shape index (κ3) is 5.73. The van der Waals surface area contributed by atoms with Crippen LogP contribution < -0.4 is 0 Å². The topological polar surface area (TPSA) is 12.4 Å². The number of nitrogens with zero attached hydrogens (tertiary/aromatic N) is 1. The molecular weight excluding hydrogens is 410 g/mol. The van der Waals surface area contributed by atoms with Crippen molar-refractivity contribution in [2.75, 3.05) is 0 Å². The zero-order valence-corrected chi connectivity index (χ0v) is 18.1. The Balaban J connectivity index is 1.76. The van der Waals surface area contributed by atoms with E-state index in [0.717, 1.165) is 16.3 Å². The van der Waals surface area contributed by atoms with E-state index in [-0.39, 0.29) is 0 Å². The van der Waals surface area contributed by atoms with Crippen molar-refractivity contribution in [1.29, 1.82) is 0 Å². The molecule has 29 heavy (non-hydrogen) atoms. The minimum absolute atomic E-state index is 0.955. The van der Waals surface area contributed by atoms with Crippen molar-refractivity contribution < 1.29 is 0 Å². The van der Waals surface area contributed by atoms with Gasteiger partial charge < -0.3 is 0 Å². The second kappa shape index (κ2) is 10.3. The molecular formula is C25H19NS3. The second-order valence-corrected chi connectivity index (χ2v) is 8.93. The van der Waals surface area contributed by atoms with E-state index in [1.807, 2.05) is 42.5 Å². The Hall–Kier alpha value is -2.53. The molecule has 1 aromatic heterocycles. The van der Waals surface area contributed by atoms with E-state index >= 15 is 0 Å². The first kappa shape index (κ1) is 19.8. The van der Waals surface area contributed by atoms with Crippen molar-refractivity contribution in [2.45, 2.75) is 9.79 Å². The number of thioether (sulfide) groups is 2. The molecule has 0 atom stereocenters. The number of hydrogen-bond donors (Lipinski definition) is 0. The lowest BCUT2D eigenvalue weighted by molar-refractivity contribution is 1.47. The summed E-state index contributed by atoms with van der Waals surface area (Å²) < 4.78 is 0. The van der Waals surface area contributed by atoms with E-state index in [0.29, 0.717) is 0 Å². The molecule has 0 N–H and O–H groups in total. The summed E-state index contributed by atoms with van der Waals surface area (Å²) in [6, 6.07) is 33.2. The normalized spacial score (nSPS) is 12.1. The van der Waals surface area contributed by atoms with Crippen molar-refractivity contribution >= 4 is 51.2 Å². The zero-order chi connectivity index (χ0) is 19.7. The van der Waals surface area contributed by atoms with Crippen LogP contribution in [0.3, 0.4) is 0 Å². The molecule has 3 aromatic carbocycles. The zero-order valence-electron chi connectivity index (χ0n) is 15.6. The van der Waals surface area contributed by atoms with Crippen molar-refractivity contribution in [3.05, 3.63) is 119 Å². The summed E-state index contributed by atoms with van der Waals surface area (Å²) in [6.07, 6.45) is 0. The molecule has 0 spiro atoms. The molecule has 0 bridgehead atoms. The molecule has 0 aliphatic heterocycles. The van der Waals surface area contributed by atoms with Crippen molar-refractivity contribution in [3.8, 4) is 0 Å². The van der Waals surface area contributed by atoms with Gasteiger partial charge in [0.25, 0.3) is 0 Å². The minimum Gasteiger partial charge on any atom is -0.241 e. The maximum atomic E-state index is 5.03. The van der Waals surface area contributed by atoms with Gasteiger partial charge in [-0.05, 0) is 64.2 Å². The lowest BCUT2D eigenvalue weighted by atomic mass is 10.2. The first-order chi connectivity index (χ1) is 14.4. The molecule has 4 rings (SSSR count). The predicted molar refractivity (Wildman–Crippen MR) is 130 cm³/mol. The molecule has 1 heterocycles. The Kier molecular flexibility index (Phi) is 7.03. The highest BCUT2D eigenvalue weighted by atomic mass is 32.2. The second-order valence-electron chi connectivity index (χ2n) is 6.14. The van der Waals surface area contributed by atoms with Crippen LogP contribution in [0.1, 0.15) is 5.56 Å². The molecule has 0 fully saturated rings. The summed E-state index contributed by atoms with van der Waals surface area (Å²) in [7, 11) is 0. The number of para-hydroxylation sites is 1. The average molecular weight is 430 g/mol. The Morgan fingerprint density at radius 2 is 1.34 bits per heavy atom. The number of benzene rings is 3. The Labute approximate surface area is 184 Å². The van der Waals surface area contributed by atoms with Gasteiger partial charge in [0.1, 0.15) is 5.04 Å². The van der Waals surface area contributed by atoms with Crippen molar-refractivity contribution in [2.24, 2.45) is 4.99 Å². The first-order valence-electron chi connectivity index (χ1n) is 9.20. The van der Waals surface area contributed by atoms with E-state index < -0.39 is 0 Å². The molecule has 0 radical (unpaired) electrons. The predicted octanol–water partition coefficient (Wildman–Crippen LogP) is 8.40. The number of hydrogen-bond acceptors (Lipinski definition) is 4. The molecule has 0 amide bonds. The van der Waals surface area contributed by atoms with Crippen LogP contribution in [0.25, 0.3) is 5.57 Å². The van der Waals surface area contributed by atoms with E-state index in [9.17, 15) is 0 Å². The molecule has 0 aliphatic rings. The Morgan fingerprint density at radius 3 is 1.97 bits per heavy atom. The molecule has 0 aliphatic carbocycles. The van der Waals surface area contributed by atoms with Crippen LogP contribution in [-0.4, -0.2) is 5.04 Å². The van der Waals surface area contributed by atoms with Gasteiger partial charge in [-0.2, -0.15) is 11.3 Å². The molecule has 0 unspecified atom stereocenters. The van der Waals surface area contributed by atoms with Gasteiger partial charge in [-0.1, -0.05) is 78.1 Å². The van der Waals surface area contributed by atoms with E-state index in [2.05, 4.69) is 70.8 Å². The van der Waals surface area contributed by atoms with Crippen LogP contribution in [0.5, 0.6) is 0 Å². The van der Waals surface area contributed by atoms with Gasteiger partial charge in [-0.3, -0.25) is 0 Å². The maximum Gasteiger partial charge on any atom is 0.110 e. The summed E-state index contributed by atoms with van der Waals surface area (Å²) >= 11 is 5.13. The van der Waals surface area contributed by atoms with Crippen molar-refractivity contribution in [3.63, 3.8) is 0 Å². The summed E-state index contributed by atoms with van der Waals surface area (Å²) in [5.74, 6) is 0. The Morgan fingerprint density at radius 1 is 0.724 bits per heavy atom. The van der Waals surface area contributed by atoms with Gasteiger partial charge in [0.05, 0.1) is 5.69 Å². The molecule has 0 saturated heterocycles. The van der Waals surface area contributed by atoms with Crippen molar-refractivity contribution in [1.82, 2.24) is 0 Å². The largest absolute Gasteiger partial charge is 0.241 e. The van der Waals surface area contributed by atoms with Crippen LogP contribution in [0, 0.1) is 0 Å². The quantitative estimate of drug-likeness (QED) is 0.173. The van der Waals surface area contributed by atoms with Crippen LogP contribution >= 0.6 is 34.9 Å². The summed E-state index contributed by atoms with van der Waals surface area (Å²) in [5, 5.41) is 7.51. The van der Waals surface area contributed by atoms with E-state index in [1.54, 1.807) is 34.9 Å². The number of aliphatic imine (C=N–C) groups is 1. The maximum absolute atomic E-state index is 5.03. The smallest absolute Gasteiger partial charge is 0.110 e. The summed E-state index contributed by atoms with van der Waals surface area (Å²) in [6.45, 7) is 0. The molecule has 1 nitrogen and oxygen atoms in total. The van der Waals surface area contributed by atoms with Crippen LogP contribution in [0.4, 0.5) is 5.69 Å². The average Bonchev–Trinajstić information content (AvgIpc) is 3.31. The van der Waals surface area contributed by atoms with E-state index in [1.165, 1.54) is 15.4 Å². The van der Waals surface area contributed by atoms with Gasteiger partial charge in [0, 0.05) is 15.4 Å². The molecule has 142 valence electrons. The van der Waals surface area contributed by atoms with Gasteiger partial charge in [-0.25, -0.2) is 4.99 Å². The Bertz CT molecular complexity index is 1070. The summed E-state index contributed by atoms with van der Waals surface area (Å²) in [5.41, 5.74) is 3.28. The van der Waals surface area contributed by atoms with Gasteiger partial charge in [-0.15, -0.1) is 0 Å². The third-order valence-corrected chi connectivity index (χ3v) is 6.66. The molecule has 0 saturated carbocycles. The van der Waals surface area contributed by atoms with Crippen LogP contribution in [0.15, 0.2) is 128 Å². The van der Waals surface area contributed by atoms with Gasteiger partial charge in [0.15, 0.2) is 0 Å². The van der Waals surface area contributed by atoms with Gasteiger partial charge in [0.2, 0.25) is 0 Å². The van der Waals surface area contributed by atoms with E-state index in [4.69, 9.17) is 4.99 Å². The van der Waals surface area contributed by atoms with Crippen LogP contribution in [-0.2, 0) is 0 Å². The van der Waals surface area contributed by atoms with Gasteiger partial charge >= 0.3 is 0 Å². The molecule has 4 aromatic rings. The highest BCUT2D eigenvalue weighted by molar-refractivity contribution is 8.15. The summed E-state index contributed by atoms with van der Waals surface area (Å²) in [4.78, 5) is 7.41. The third-order valence-electron chi connectivity index (χ3n) is 4.06. The SMILES string of the molecule is C(/Sc1ccccc1)=C(\C(=N/c1ccccc1)Sc1ccccc1)c1ccsc1. The highest BCUT2D eigenvalue weighted by Gasteiger charge is 2.13. The fraction of sp³-hybridized carbons (Fsp3) is 0. The molecule has 4 heteroatoms. The fourth-order valence-electron chi connectivity index (χ4n) is 2.64. The fourth-order valence-corrected chi connectivity index (χ4v) is 5.14. The standard InChI is InChI=1S/C25H19NS3/c1-4-10-21(11-5-1)26-25(29-23-14-8-3-9-15-23)24(20-16-17-27-18-20)19-28-22-12-6-2-7-13-22/h1-19H/b24-19+,26-25+. The lowest BCUT2D eigenvalue weighted by Crippen LogP contribution is -1.96.